The quantitative estimate of drug-likeness (QED) is 0.561. The molecule has 2 heterocycles. The van der Waals surface area contributed by atoms with Gasteiger partial charge in [-0.2, -0.15) is 0 Å². The summed E-state index contributed by atoms with van der Waals surface area (Å²) in [6, 6.07) is 10.1. The van der Waals surface area contributed by atoms with Crippen molar-refractivity contribution in [2.75, 3.05) is 32.8 Å². The smallest absolute Gasteiger partial charge is 0.246 e. The Morgan fingerprint density at radius 2 is 1.77 bits per heavy atom. The summed E-state index contributed by atoms with van der Waals surface area (Å²) in [5, 5.41) is 12.4. The Bertz CT molecular complexity index is 714. The van der Waals surface area contributed by atoms with E-state index in [0.29, 0.717) is 38.1 Å². The van der Waals surface area contributed by atoms with Gasteiger partial charge in [0.1, 0.15) is 11.6 Å². The van der Waals surface area contributed by atoms with Crippen molar-refractivity contribution in [3.63, 3.8) is 0 Å². The van der Waals surface area contributed by atoms with Crippen LogP contribution in [-0.4, -0.2) is 71.1 Å². The summed E-state index contributed by atoms with van der Waals surface area (Å²) >= 11 is 0. The number of carbonyl (C=O) groups excluding carboxylic acids is 2. The number of piperidine rings is 1. The number of unbranched alkanes of at least 4 members (excludes halogenated alkanes) is 1. The SMILES string of the molecule is CC(C)C[C@@H]1NC(=O)C2(CCN(CCCCc3ccccc3)CC2)N(CCCO)C1=O. The van der Waals surface area contributed by atoms with Crippen LogP contribution in [0.15, 0.2) is 30.3 Å². The molecule has 2 amide bonds. The normalized spacial score (nSPS) is 21.7. The van der Waals surface area contributed by atoms with Gasteiger partial charge in [0.05, 0.1) is 0 Å². The zero-order chi connectivity index (χ0) is 22.3. The van der Waals surface area contributed by atoms with Crippen LogP contribution in [0.3, 0.4) is 0 Å². The maximum absolute atomic E-state index is 13.2. The van der Waals surface area contributed by atoms with Crippen molar-refractivity contribution in [1.29, 1.82) is 0 Å². The number of aliphatic hydroxyl groups is 1. The van der Waals surface area contributed by atoms with Crippen LogP contribution in [0.1, 0.15) is 57.9 Å². The van der Waals surface area contributed by atoms with E-state index < -0.39 is 11.6 Å². The molecule has 2 N–H and O–H groups in total. The second-order valence-electron chi connectivity index (χ2n) is 9.54. The van der Waals surface area contributed by atoms with E-state index in [2.05, 4.69) is 48.3 Å². The van der Waals surface area contributed by atoms with E-state index in [-0.39, 0.29) is 18.4 Å². The fraction of sp³-hybridized carbons (Fsp3) is 0.680. The summed E-state index contributed by atoms with van der Waals surface area (Å²) in [5.74, 6) is 0.359. The molecular formula is C25H39N3O3. The lowest BCUT2D eigenvalue weighted by Gasteiger charge is -2.52. The molecule has 1 aromatic rings. The standard InChI is InChI=1S/C25H39N3O3/c1-20(2)19-22-23(30)28(15-8-18-29)25(24(31)26-22)12-16-27(17-13-25)14-7-6-11-21-9-4-3-5-10-21/h3-5,9-10,20,22,29H,6-8,11-19H2,1-2H3,(H,26,31)/t22-/m0/s1. The number of aliphatic hydroxyl groups excluding tert-OH is 1. The minimum absolute atomic E-state index is 0.000539. The Labute approximate surface area is 187 Å². The molecule has 2 fully saturated rings. The van der Waals surface area contributed by atoms with Gasteiger partial charge in [0.2, 0.25) is 11.8 Å². The molecule has 6 nitrogen and oxygen atoms in total. The fourth-order valence-electron chi connectivity index (χ4n) is 5.01. The summed E-state index contributed by atoms with van der Waals surface area (Å²) in [7, 11) is 0. The number of nitrogens with one attached hydrogen (secondary N) is 1. The number of hydrogen-bond donors (Lipinski definition) is 2. The molecule has 0 bridgehead atoms. The largest absolute Gasteiger partial charge is 0.396 e. The minimum Gasteiger partial charge on any atom is -0.396 e. The lowest BCUT2D eigenvalue weighted by Crippen LogP contribution is -2.73. The first-order chi connectivity index (χ1) is 15.0. The lowest BCUT2D eigenvalue weighted by molar-refractivity contribution is -0.161. The molecule has 31 heavy (non-hydrogen) atoms. The minimum atomic E-state index is -0.750. The predicted octanol–water partition coefficient (Wildman–Crippen LogP) is 2.60. The summed E-state index contributed by atoms with van der Waals surface area (Å²) in [4.78, 5) is 30.7. The van der Waals surface area contributed by atoms with E-state index in [4.69, 9.17) is 0 Å². The van der Waals surface area contributed by atoms with E-state index in [1.54, 1.807) is 0 Å². The van der Waals surface area contributed by atoms with E-state index >= 15 is 0 Å². The van der Waals surface area contributed by atoms with Gasteiger partial charge in [0.15, 0.2) is 0 Å². The van der Waals surface area contributed by atoms with Crippen molar-refractivity contribution in [2.24, 2.45) is 5.92 Å². The zero-order valence-corrected chi connectivity index (χ0v) is 19.2. The summed E-state index contributed by atoms with van der Waals surface area (Å²) in [6.45, 7) is 7.31. The van der Waals surface area contributed by atoms with Crippen LogP contribution in [0.4, 0.5) is 0 Å². The molecule has 2 aliphatic rings. The molecule has 172 valence electrons. The summed E-state index contributed by atoms with van der Waals surface area (Å²) < 4.78 is 0. The van der Waals surface area contributed by atoms with Crippen LogP contribution >= 0.6 is 0 Å². The van der Waals surface area contributed by atoms with Gasteiger partial charge < -0.3 is 20.2 Å². The molecule has 0 unspecified atom stereocenters. The molecule has 2 saturated heterocycles. The van der Waals surface area contributed by atoms with Crippen LogP contribution in [0.25, 0.3) is 0 Å². The van der Waals surface area contributed by atoms with Crippen molar-refractivity contribution in [2.45, 2.75) is 70.4 Å². The van der Waals surface area contributed by atoms with Crippen molar-refractivity contribution >= 4 is 11.8 Å². The number of amides is 2. The predicted molar refractivity (Wildman–Crippen MR) is 123 cm³/mol. The first-order valence-electron chi connectivity index (χ1n) is 12.0. The highest BCUT2D eigenvalue weighted by atomic mass is 16.3. The molecule has 0 aromatic heterocycles. The Kier molecular flexibility index (Phi) is 8.50. The molecule has 0 radical (unpaired) electrons. The van der Waals surface area contributed by atoms with E-state index in [1.165, 1.54) is 5.56 Å². The Morgan fingerprint density at radius 1 is 1.06 bits per heavy atom. The molecule has 1 spiro atoms. The van der Waals surface area contributed by atoms with Gasteiger partial charge in [-0.15, -0.1) is 0 Å². The Morgan fingerprint density at radius 3 is 2.42 bits per heavy atom. The third-order valence-corrected chi connectivity index (χ3v) is 6.77. The molecule has 6 heteroatoms. The molecule has 0 saturated carbocycles. The third-order valence-electron chi connectivity index (χ3n) is 6.77. The van der Waals surface area contributed by atoms with Crippen LogP contribution in [0.5, 0.6) is 0 Å². The average Bonchev–Trinajstić information content (AvgIpc) is 2.76. The second kappa shape index (κ2) is 11.1. The Hall–Kier alpha value is -1.92. The lowest BCUT2D eigenvalue weighted by atomic mass is 9.80. The number of nitrogens with zero attached hydrogens (tertiary/aromatic N) is 2. The van der Waals surface area contributed by atoms with E-state index in [0.717, 1.165) is 38.9 Å². The van der Waals surface area contributed by atoms with Gasteiger partial charge in [-0.25, -0.2) is 0 Å². The van der Waals surface area contributed by atoms with Gasteiger partial charge in [0.25, 0.3) is 0 Å². The number of piperazine rings is 1. The molecule has 1 atom stereocenters. The highest BCUT2D eigenvalue weighted by Gasteiger charge is 2.53. The van der Waals surface area contributed by atoms with E-state index in [1.807, 2.05) is 11.0 Å². The van der Waals surface area contributed by atoms with Crippen LogP contribution in [0, 0.1) is 5.92 Å². The van der Waals surface area contributed by atoms with E-state index in [9.17, 15) is 14.7 Å². The average molecular weight is 430 g/mol. The third kappa shape index (κ3) is 5.86. The number of likely N-dealkylation sites (tertiary alicyclic amines) is 1. The molecular weight excluding hydrogens is 390 g/mol. The zero-order valence-electron chi connectivity index (χ0n) is 19.2. The van der Waals surface area contributed by atoms with Crippen molar-refractivity contribution in [3.05, 3.63) is 35.9 Å². The molecule has 3 rings (SSSR count). The number of carbonyl (C=O) groups is 2. The molecule has 2 aliphatic heterocycles. The van der Waals surface area contributed by atoms with Gasteiger partial charge in [-0.05, 0) is 63.0 Å². The van der Waals surface area contributed by atoms with Gasteiger partial charge in [0, 0.05) is 26.2 Å². The van der Waals surface area contributed by atoms with Crippen LogP contribution in [-0.2, 0) is 16.0 Å². The summed E-state index contributed by atoms with van der Waals surface area (Å²) in [6.07, 6.45) is 5.90. The number of rotatable bonds is 10. The number of benzene rings is 1. The van der Waals surface area contributed by atoms with Crippen molar-refractivity contribution < 1.29 is 14.7 Å². The first kappa shape index (κ1) is 23.7. The topological polar surface area (TPSA) is 72.9 Å². The first-order valence-corrected chi connectivity index (χ1v) is 12.0. The van der Waals surface area contributed by atoms with Gasteiger partial charge in [-0.1, -0.05) is 44.2 Å². The van der Waals surface area contributed by atoms with Crippen molar-refractivity contribution in [1.82, 2.24) is 15.1 Å². The second-order valence-corrected chi connectivity index (χ2v) is 9.54. The monoisotopic (exact) mass is 429 g/mol. The van der Waals surface area contributed by atoms with Crippen LogP contribution in [0.2, 0.25) is 0 Å². The molecule has 0 aliphatic carbocycles. The number of aryl methyl sites for hydroxylation is 1. The molecule has 1 aromatic carbocycles. The van der Waals surface area contributed by atoms with Gasteiger partial charge >= 0.3 is 0 Å². The van der Waals surface area contributed by atoms with Crippen molar-refractivity contribution in [3.8, 4) is 0 Å². The maximum Gasteiger partial charge on any atom is 0.246 e. The van der Waals surface area contributed by atoms with Gasteiger partial charge in [-0.3, -0.25) is 9.59 Å². The summed E-state index contributed by atoms with van der Waals surface area (Å²) in [5.41, 5.74) is 0.633. The highest BCUT2D eigenvalue weighted by Crippen LogP contribution is 2.34. The number of hydrogen-bond acceptors (Lipinski definition) is 4. The maximum atomic E-state index is 13.2. The van der Waals surface area contributed by atoms with Crippen LogP contribution < -0.4 is 5.32 Å². The highest BCUT2D eigenvalue weighted by molar-refractivity contribution is 6.00. The fourth-order valence-corrected chi connectivity index (χ4v) is 5.01. The Balaban J connectivity index is 1.55.